The zero-order chi connectivity index (χ0) is 17.9. The van der Waals surface area contributed by atoms with Crippen LogP contribution in [0.5, 0.6) is 0 Å². The molecule has 0 aromatic heterocycles. The number of rotatable bonds is 1. The van der Waals surface area contributed by atoms with E-state index < -0.39 is 0 Å². The lowest BCUT2D eigenvalue weighted by Gasteiger charge is -2.07. The fourth-order valence-electron chi connectivity index (χ4n) is 2.95. The van der Waals surface area contributed by atoms with Gasteiger partial charge in [0.2, 0.25) is 0 Å². The van der Waals surface area contributed by atoms with Gasteiger partial charge in [0.25, 0.3) is 0 Å². The van der Waals surface area contributed by atoms with Crippen LogP contribution < -0.4 is 0 Å². The molecule has 0 unspecified atom stereocenters. The first-order valence-corrected chi connectivity index (χ1v) is 9.01. The van der Waals surface area contributed by atoms with Crippen molar-refractivity contribution >= 4 is 34.0 Å². The fourth-order valence-corrected chi connectivity index (χ4v) is 3.34. The normalized spacial score (nSPS) is 10.4. The van der Waals surface area contributed by atoms with E-state index in [-0.39, 0.29) is 0 Å². The summed E-state index contributed by atoms with van der Waals surface area (Å²) >= 11 is 12.2. The minimum atomic E-state index is 0.689. The summed E-state index contributed by atoms with van der Waals surface area (Å²) in [7, 11) is 0. The summed E-state index contributed by atoms with van der Waals surface area (Å²) in [5.41, 5.74) is 4.06. The van der Waals surface area contributed by atoms with Gasteiger partial charge >= 0.3 is 0 Å². The molecule has 0 saturated carbocycles. The number of hydrogen-bond acceptors (Lipinski definition) is 0. The van der Waals surface area contributed by atoms with Gasteiger partial charge in [-0.2, -0.15) is 0 Å². The molecule has 0 aliphatic carbocycles. The Labute approximate surface area is 163 Å². The summed E-state index contributed by atoms with van der Waals surface area (Å²) in [5, 5.41) is 3.70. The molecule has 4 aromatic rings. The van der Waals surface area contributed by atoms with Crippen LogP contribution in [0.1, 0.15) is 11.1 Å². The van der Waals surface area contributed by atoms with Crippen molar-refractivity contribution in [3.8, 4) is 23.0 Å². The molecule has 0 bridgehead atoms. The van der Waals surface area contributed by atoms with Gasteiger partial charge in [0, 0.05) is 21.2 Å². The van der Waals surface area contributed by atoms with Crippen molar-refractivity contribution in [2.24, 2.45) is 0 Å². The topological polar surface area (TPSA) is 0 Å². The van der Waals surface area contributed by atoms with Crippen LogP contribution in [0.15, 0.2) is 84.9 Å². The Kier molecular flexibility index (Phi) is 4.67. The van der Waals surface area contributed by atoms with E-state index in [1.54, 1.807) is 0 Å². The number of halogens is 2. The van der Waals surface area contributed by atoms with E-state index in [4.69, 9.17) is 23.2 Å². The van der Waals surface area contributed by atoms with Crippen LogP contribution in [-0.2, 0) is 0 Å². The molecular weight excluding hydrogens is 359 g/mol. The first kappa shape index (κ1) is 16.7. The number of hydrogen-bond donors (Lipinski definition) is 0. The number of fused-ring (bicyclic) bond motifs is 1. The van der Waals surface area contributed by atoms with Crippen LogP contribution in [0.4, 0.5) is 0 Å². The van der Waals surface area contributed by atoms with E-state index in [1.807, 2.05) is 54.6 Å². The second kappa shape index (κ2) is 7.26. The lowest BCUT2D eigenvalue weighted by atomic mass is 9.97. The zero-order valence-corrected chi connectivity index (χ0v) is 15.4. The van der Waals surface area contributed by atoms with Crippen LogP contribution in [0.3, 0.4) is 0 Å². The molecule has 4 aromatic carbocycles. The van der Waals surface area contributed by atoms with E-state index >= 15 is 0 Å². The minimum Gasteiger partial charge on any atom is -0.0843 e. The highest BCUT2D eigenvalue weighted by atomic mass is 35.5. The van der Waals surface area contributed by atoms with E-state index in [9.17, 15) is 0 Å². The summed E-state index contributed by atoms with van der Waals surface area (Å²) in [5.74, 6) is 6.54. The first-order chi connectivity index (χ1) is 12.7. The minimum absolute atomic E-state index is 0.689. The van der Waals surface area contributed by atoms with E-state index in [1.165, 1.54) is 0 Å². The highest BCUT2D eigenvalue weighted by Crippen LogP contribution is 2.29. The van der Waals surface area contributed by atoms with Crippen molar-refractivity contribution < 1.29 is 0 Å². The monoisotopic (exact) mass is 372 g/mol. The van der Waals surface area contributed by atoms with Crippen LogP contribution >= 0.6 is 23.2 Å². The molecule has 0 saturated heterocycles. The quantitative estimate of drug-likeness (QED) is 0.309. The molecule has 0 N–H and O–H groups in total. The van der Waals surface area contributed by atoms with Gasteiger partial charge in [0.05, 0.1) is 0 Å². The van der Waals surface area contributed by atoms with Gasteiger partial charge in [-0.05, 0) is 64.4 Å². The van der Waals surface area contributed by atoms with Gasteiger partial charge in [0.1, 0.15) is 0 Å². The van der Waals surface area contributed by atoms with Gasteiger partial charge in [-0.1, -0.05) is 77.5 Å². The Bertz CT molecular complexity index is 1160. The lowest BCUT2D eigenvalue weighted by molar-refractivity contribution is 1.62. The fraction of sp³-hybridized carbons (Fsp3) is 0. The van der Waals surface area contributed by atoms with Gasteiger partial charge in [-0.25, -0.2) is 0 Å². The van der Waals surface area contributed by atoms with E-state index in [2.05, 4.69) is 42.2 Å². The Balaban J connectivity index is 1.88. The highest BCUT2D eigenvalue weighted by molar-refractivity contribution is 6.31. The molecule has 124 valence electrons. The van der Waals surface area contributed by atoms with E-state index in [0.29, 0.717) is 5.02 Å². The average molecular weight is 373 g/mol. The molecule has 0 heterocycles. The SMILES string of the molecule is Clc1cccc(C#Cc2cc(-c3cccc(Cl)c3)cc3ccccc23)c1. The molecule has 0 aliphatic heterocycles. The third-order valence-electron chi connectivity index (χ3n) is 4.19. The largest absolute Gasteiger partial charge is 0.0843 e. The lowest BCUT2D eigenvalue weighted by Crippen LogP contribution is -1.85. The van der Waals surface area contributed by atoms with Crippen LogP contribution in [0.2, 0.25) is 10.0 Å². The third-order valence-corrected chi connectivity index (χ3v) is 4.66. The molecule has 0 atom stereocenters. The van der Waals surface area contributed by atoms with Crippen molar-refractivity contribution in [2.45, 2.75) is 0 Å². The second-order valence-electron chi connectivity index (χ2n) is 6.02. The molecule has 0 amide bonds. The van der Waals surface area contributed by atoms with Crippen molar-refractivity contribution in [1.82, 2.24) is 0 Å². The maximum absolute atomic E-state index is 6.17. The Hall–Kier alpha value is -2.72. The van der Waals surface area contributed by atoms with Crippen LogP contribution in [0.25, 0.3) is 21.9 Å². The predicted octanol–water partition coefficient (Wildman–Crippen LogP) is 7.21. The Morgan fingerprint density at radius 3 is 2.15 bits per heavy atom. The maximum atomic E-state index is 6.17. The van der Waals surface area contributed by atoms with Crippen LogP contribution in [-0.4, -0.2) is 0 Å². The molecular formula is C24H14Cl2. The summed E-state index contributed by atoms with van der Waals surface area (Å²) < 4.78 is 0. The van der Waals surface area contributed by atoms with Gasteiger partial charge in [0.15, 0.2) is 0 Å². The van der Waals surface area contributed by atoms with E-state index in [0.717, 1.165) is 38.0 Å². The maximum Gasteiger partial charge on any atom is 0.0418 e. The average Bonchev–Trinajstić information content (AvgIpc) is 2.66. The van der Waals surface area contributed by atoms with Gasteiger partial charge < -0.3 is 0 Å². The van der Waals surface area contributed by atoms with Gasteiger partial charge in [-0.15, -0.1) is 0 Å². The standard InChI is InChI=1S/C24H14Cl2/c25-22-8-3-5-17(13-22)11-12-20-15-21(18-7-4-9-23(26)16-18)14-19-6-1-2-10-24(19)20/h1-10,13-16H. The molecule has 26 heavy (non-hydrogen) atoms. The second-order valence-corrected chi connectivity index (χ2v) is 6.89. The van der Waals surface area contributed by atoms with Crippen molar-refractivity contribution in [3.05, 3.63) is 106 Å². The number of benzene rings is 4. The summed E-state index contributed by atoms with van der Waals surface area (Å²) in [6.07, 6.45) is 0. The predicted molar refractivity (Wildman–Crippen MR) is 112 cm³/mol. The highest BCUT2D eigenvalue weighted by Gasteiger charge is 2.05. The zero-order valence-electron chi connectivity index (χ0n) is 13.8. The van der Waals surface area contributed by atoms with Crippen molar-refractivity contribution in [1.29, 1.82) is 0 Å². The Morgan fingerprint density at radius 1 is 0.577 bits per heavy atom. The molecule has 4 rings (SSSR count). The molecule has 0 radical (unpaired) electrons. The molecule has 2 heteroatoms. The van der Waals surface area contributed by atoms with Crippen LogP contribution in [0, 0.1) is 11.8 Å². The third kappa shape index (κ3) is 3.60. The summed E-state index contributed by atoms with van der Waals surface area (Å²) in [6, 6.07) is 28.0. The summed E-state index contributed by atoms with van der Waals surface area (Å²) in [6.45, 7) is 0. The molecule has 0 aliphatic rings. The Morgan fingerprint density at radius 2 is 1.35 bits per heavy atom. The molecule has 0 nitrogen and oxygen atoms in total. The smallest absolute Gasteiger partial charge is 0.0418 e. The molecule has 0 spiro atoms. The molecule has 0 fully saturated rings. The van der Waals surface area contributed by atoms with Crippen molar-refractivity contribution in [3.63, 3.8) is 0 Å². The first-order valence-electron chi connectivity index (χ1n) is 8.25. The van der Waals surface area contributed by atoms with Crippen molar-refractivity contribution in [2.75, 3.05) is 0 Å². The summed E-state index contributed by atoms with van der Waals surface area (Å²) in [4.78, 5) is 0. The van der Waals surface area contributed by atoms with Gasteiger partial charge in [-0.3, -0.25) is 0 Å².